The summed E-state index contributed by atoms with van der Waals surface area (Å²) in [6.07, 6.45) is -0.520. The van der Waals surface area contributed by atoms with Gasteiger partial charge in [0, 0.05) is 16.1 Å². The maximum absolute atomic E-state index is 11.8. The molecule has 128 valence electrons. The number of anilines is 3. The summed E-state index contributed by atoms with van der Waals surface area (Å²) in [5.41, 5.74) is 2.45. The van der Waals surface area contributed by atoms with E-state index in [-0.39, 0.29) is 5.91 Å². The van der Waals surface area contributed by atoms with Gasteiger partial charge >= 0.3 is 0 Å². The van der Waals surface area contributed by atoms with Gasteiger partial charge in [-0.05, 0) is 49.4 Å². The van der Waals surface area contributed by atoms with Gasteiger partial charge in [-0.15, -0.1) is 0 Å². The predicted molar refractivity (Wildman–Crippen MR) is 99.9 cm³/mol. The van der Waals surface area contributed by atoms with Crippen LogP contribution >= 0.6 is 11.6 Å². The molecule has 0 radical (unpaired) electrons. The van der Waals surface area contributed by atoms with Crippen molar-refractivity contribution in [1.82, 2.24) is 4.98 Å². The van der Waals surface area contributed by atoms with E-state index < -0.39 is 6.10 Å². The third-order valence-corrected chi connectivity index (χ3v) is 4.31. The molecule has 1 atom stereocenters. The van der Waals surface area contributed by atoms with Crippen molar-refractivity contribution in [2.45, 2.75) is 13.0 Å². The molecule has 0 saturated heterocycles. The van der Waals surface area contributed by atoms with Crippen LogP contribution in [0.4, 0.5) is 17.2 Å². The second kappa shape index (κ2) is 6.21. The van der Waals surface area contributed by atoms with Gasteiger partial charge in [0.1, 0.15) is 11.6 Å². The standard InChI is InChI=1S/C19H13ClN4O2/c1-10-19(25)24-16-8-13(3-5-17(16)26-10)22-18-6-11(9-21)14-7-12(20)2-4-15(14)23-18/h2-8,10H,1H3,(H,22,23)(H,24,25). The van der Waals surface area contributed by atoms with Crippen LogP contribution in [0.1, 0.15) is 12.5 Å². The van der Waals surface area contributed by atoms with Crippen LogP contribution in [0.25, 0.3) is 10.9 Å². The van der Waals surface area contributed by atoms with Crippen molar-refractivity contribution in [2.75, 3.05) is 10.6 Å². The first-order valence-corrected chi connectivity index (χ1v) is 8.30. The Morgan fingerprint density at radius 3 is 2.92 bits per heavy atom. The SMILES string of the molecule is CC1Oc2ccc(Nc3cc(C#N)c4cc(Cl)ccc4n3)cc2NC1=O. The summed E-state index contributed by atoms with van der Waals surface area (Å²) in [5.74, 6) is 0.941. The maximum Gasteiger partial charge on any atom is 0.265 e. The number of halogens is 1. The molecule has 0 spiro atoms. The smallest absolute Gasteiger partial charge is 0.265 e. The Bertz CT molecular complexity index is 1090. The number of hydrogen-bond acceptors (Lipinski definition) is 5. The number of carbonyl (C=O) groups is 1. The Hall–Kier alpha value is -3.30. The van der Waals surface area contributed by atoms with E-state index >= 15 is 0 Å². The average Bonchev–Trinajstić information content (AvgIpc) is 2.62. The fourth-order valence-corrected chi connectivity index (χ4v) is 2.96. The fraction of sp³-hybridized carbons (Fsp3) is 0.105. The number of pyridine rings is 1. The molecule has 2 heterocycles. The number of amides is 1. The Kier molecular flexibility index (Phi) is 3.86. The van der Waals surface area contributed by atoms with Crippen molar-refractivity contribution < 1.29 is 9.53 Å². The van der Waals surface area contributed by atoms with Gasteiger partial charge in [-0.25, -0.2) is 4.98 Å². The van der Waals surface area contributed by atoms with Crippen molar-refractivity contribution in [3.63, 3.8) is 0 Å². The van der Waals surface area contributed by atoms with E-state index in [4.69, 9.17) is 16.3 Å². The predicted octanol–water partition coefficient (Wildman–Crippen LogP) is 4.22. The molecule has 2 N–H and O–H groups in total. The molecule has 0 fully saturated rings. The molecule has 7 heteroatoms. The Balaban J connectivity index is 1.70. The first-order valence-electron chi connectivity index (χ1n) is 7.92. The second-order valence-corrected chi connectivity index (χ2v) is 6.35. The molecule has 1 aromatic heterocycles. The van der Waals surface area contributed by atoms with Crippen molar-refractivity contribution >= 4 is 45.6 Å². The van der Waals surface area contributed by atoms with Crippen LogP contribution in [0.5, 0.6) is 5.75 Å². The highest BCUT2D eigenvalue weighted by atomic mass is 35.5. The van der Waals surface area contributed by atoms with Gasteiger partial charge in [-0.3, -0.25) is 4.79 Å². The van der Waals surface area contributed by atoms with Crippen LogP contribution in [0.15, 0.2) is 42.5 Å². The highest BCUT2D eigenvalue weighted by molar-refractivity contribution is 6.31. The average molecular weight is 365 g/mol. The molecule has 3 aromatic rings. The molecule has 1 aliphatic rings. The second-order valence-electron chi connectivity index (χ2n) is 5.91. The normalized spacial score (nSPS) is 15.6. The summed E-state index contributed by atoms with van der Waals surface area (Å²) in [5, 5.41) is 16.6. The molecule has 1 amide bonds. The van der Waals surface area contributed by atoms with Crippen LogP contribution in [0.2, 0.25) is 5.02 Å². The number of ether oxygens (including phenoxy) is 1. The summed E-state index contributed by atoms with van der Waals surface area (Å²) < 4.78 is 5.54. The van der Waals surface area contributed by atoms with Gasteiger partial charge < -0.3 is 15.4 Å². The zero-order valence-corrected chi connectivity index (χ0v) is 14.5. The molecule has 26 heavy (non-hydrogen) atoms. The van der Waals surface area contributed by atoms with Gasteiger partial charge in [-0.1, -0.05) is 11.6 Å². The highest BCUT2D eigenvalue weighted by Crippen LogP contribution is 2.33. The number of carbonyl (C=O) groups excluding carboxylic acids is 1. The van der Waals surface area contributed by atoms with E-state index in [2.05, 4.69) is 21.7 Å². The van der Waals surface area contributed by atoms with Crippen molar-refractivity contribution in [1.29, 1.82) is 5.26 Å². The Labute approximate surface area is 154 Å². The molecule has 0 aliphatic carbocycles. The molecule has 4 rings (SSSR count). The minimum Gasteiger partial charge on any atom is -0.479 e. The molecular formula is C19H13ClN4O2. The summed E-state index contributed by atoms with van der Waals surface area (Å²) in [4.78, 5) is 16.3. The topological polar surface area (TPSA) is 87.0 Å². The largest absolute Gasteiger partial charge is 0.479 e. The van der Waals surface area contributed by atoms with Crippen molar-refractivity contribution in [3.05, 3.63) is 53.1 Å². The zero-order chi connectivity index (χ0) is 18.3. The van der Waals surface area contributed by atoms with Crippen LogP contribution in [0.3, 0.4) is 0 Å². The van der Waals surface area contributed by atoms with E-state index in [9.17, 15) is 10.1 Å². The van der Waals surface area contributed by atoms with Gasteiger partial charge in [0.05, 0.1) is 22.8 Å². The van der Waals surface area contributed by atoms with Crippen LogP contribution < -0.4 is 15.4 Å². The van der Waals surface area contributed by atoms with Gasteiger partial charge in [0.2, 0.25) is 0 Å². The number of nitrogens with one attached hydrogen (secondary N) is 2. The third kappa shape index (κ3) is 2.89. The zero-order valence-electron chi connectivity index (χ0n) is 13.7. The van der Waals surface area contributed by atoms with E-state index in [1.54, 1.807) is 43.3 Å². The molecular weight excluding hydrogens is 352 g/mol. The first kappa shape index (κ1) is 16.2. The highest BCUT2D eigenvalue weighted by Gasteiger charge is 2.23. The van der Waals surface area contributed by atoms with Crippen LogP contribution in [-0.4, -0.2) is 17.0 Å². The Morgan fingerprint density at radius 1 is 1.27 bits per heavy atom. The number of hydrogen-bond donors (Lipinski definition) is 2. The maximum atomic E-state index is 11.8. The van der Waals surface area contributed by atoms with Crippen molar-refractivity contribution in [2.24, 2.45) is 0 Å². The molecule has 0 saturated carbocycles. The van der Waals surface area contributed by atoms with Crippen LogP contribution in [-0.2, 0) is 4.79 Å². The van der Waals surface area contributed by atoms with E-state index in [1.807, 2.05) is 6.07 Å². The monoisotopic (exact) mass is 364 g/mol. The molecule has 2 aromatic carbocycles. The van der Waals surface area contributed by atoms with Gasteiger partial charge in [-0.2, -0.15) is 5.26 Å². The number of benzene rings is 2. The minimum atomic E-state index is -0.520. The van der Waals surface area contributed by atoms with E-state index in [1.165, 1.54) is 0 Å². The summed E-state index contributed by atoms with van der Waals surface area (Å²) in [6, 6.07) is 14.4. The summed E-state index contributed by atoms with van der Waals surface area (Å²) in [6.45, 7) is 1.69. The lowest BCUT2D eigenvalue weighted by molar-refractivity contribution is -0.122. The number of rotatable bonds is 2. The lowest BCUT2D eigenvalue weighted by Gasteiger charge is -2.23. The Morgan fingerprint density at radius 2 is 2.12 bits per heavy atom. The van der Waals surface area contributed by atoms with Crippen molar-refractivity contribution in [3.8, 4) is 11.8 Å². The molecule has 6 nitrogen and oxygen atoms in total. The summed E-state index contributed by atoms with van der Waals surface area (Å²) >= 11 is 6.01. The van der Waals surface area contributed by atoms with Gasteiger partial charge in [0.25, 0.3) is 5.91 Å². The number of aromatic nitrogens is 1. The third-order valence-electron chi connectivity index (χ3n) is 4.07. The fourth-order valence-electron chi connectivity index (χ4n) is 2.79. The number of fused-ring (bicyclic) bond motifs is 2. The molecule has 1 aliphatic heterocycles. The summed E-state index contributed by atoms with van der Waals surface area (Å²) in [7, 11) is 0. The molecule has 1 unspecified atom stereocenters. The first-order chi connectivity index (χ1) is 12.5. The quantitative estimate of drug-likeness (QED) is 0.710. The minimum absolute atomic E-state index is 0.192. The van der Waals surface area contributed by atoms with Gasteiger partial charge in [0.15, 0.2) is 6.10 Å². The molecule has 0 bridgehead atoms. The van der Waals surface area contributed by atoms with Crippen LogP contribution in [0, 0.1) is 11.3 Å². The van der Waals surface area contributed by atoms with E-state index in [0.717, 1.165) is 0 Å². The van der Waals surface area contributed by atoms with E-state index in [0.29, 0.717) is 44.4 Å². The lowest BCUT2D eigenvalue weighted by Crippen LogP contribution is -2.34. The number of nitrogens with zero attached hydrogens (tertiary/aromatic N) is 2. The number of nitriles is 1. The lowest BCUT2D eigenvalue weighted by atomic mass is 10.1.